The highest BCUT2D eigenvalue weighted by atomic mass is 16.5. The molecule has 1 fully saturated rings. The lowest BCUT2D eigenvalue weighted by Crippen LogP contribution is -2.66. The molecule has 25 heavy (non-hydrogen) atoms. The van der Waals surface area contributed by atoms with Gasteiger partial charge in [0.05, 0.1) is 12.2 Å². The highest BCUT2D eigenvalue weighted by Gasteiger charge is 2.47. The molecule has 2 aromatic rings. The van der Waals surface area contributed by atoms with E-state index in [-0.39, 0.29) is 6.04 Å². The van der Waals surface area contributed by atoms with E-state index in [9.17, 15) is 0 Å². The van der Waals surface area contributed by atoms with E-state index in [2.05, 4.69) is 32.4 Å². The number of aromatic nitrogens is 2. The Labute approximate surface area is 147 Å². The number of piperazine rings is 1. The lowest BCUT2D eigenvalue weighted by atomic mass is 10.1. The van der Waals surface area contributed by atoms with Crippen molar-refractivity contribution in [1.29, 1.82) is 0 Å². The first-order valence-corrected chi connectivity index (χ1v) is 8.73. The maximum absolute atomic E-state index is 6.32. The van der Waals surface area contributed by atoms with Gasteiger partial charge in [-0.1, -0.05) is 6.92 Å². The third kappa shape index (κ3) is 3.12. The number of rotatable bonds is 5. The summed E-state index contributed by atoms with van der Waals surface area (Å²) in [6, 6.07) is 7.83. The van der Waals surface area contributed by atoms with E-state index >= 15 is 0 Å². The van der Waals surface area contributed by atoms with Gasteiger partial charge in [0.15, 0.2) is 11.6 Å². The molecule has 0 bridgehead atoms. The van der Waals surface area contributed by atoms with Crippen LogP contribution < -0.4 is 20.1 Å². The monoisotopic (exact) mass is 341 g/mol. The van der Waals surface area contributed by atoms with Crippen LogP contribution in [0.15, 0.2) is 42.9 Å². The van der Waals surface area contributed by atoms with Gasteiger partial charge >= 0.3 is 0 Å². The summed E-state index contributed by atoms with van der Waals surface area (Å²) in [6.45, 7) is 5.32. The Hall–Kier alpha value is -2.38. The minimum atomic E-state index is -0.582. The molecule has 0 amide bonds. The molecule has 0 radical (unpaired) electrons. The molecule has 132 valence electrons. The first-order valence-electron chi connectivity index (χ1n) is 8.73. The van der Waals surface area contributed by atoms with Crippen molar-refractivity contribution in [3.05, 3.63) is 42.9 Å². The van der Waals surface area contributed by atoms with Crippen LogP contribution in [0.2, 0.25) is 0 Å². The third-order valence-corrected chi connectivity index (χ3v) is 4.73. The Balaban J connectivity index is 1.52. The van der Waals surface area contributed by atoms with Gasteiger partial charge in [0.25, 0.3) is 0 Å². The average Bonchev–Trinajstić information content (AvgIpc) is 3.07. The molecule has 0 aromatic carbocycles. The Kier molecular flexibility index (Phi) is 4.42. The highest BCUT2D eigenvalue weighted by Crippen LogP contribution is 2.39. The molecule has 0 spiro atoms. The zero-order valence-electron chi connectivity index (χ0n) is 14.3. The van der Waals surface area contributed by atoms with E-state index in [0.717, 1.165) is 43.4 Å². The third-order valence-electron chi connectivity index (χ3n) is 4.73. The molecule has 2 aliphatic rings. The van der Waals surface area contributed by atoms with Crippen LogP contribution in [0.5, 0.6) is 11.5 Å². The number of ether oxygens (including phenoxy) is 2. The van der Waals surface area contributed by atoms with Crippen molar-refractivity contribution in [1.82, 2.24) is 20.2 Å². The first kappa shape index (κ1) is 16.1. The number of hydrogen-bond donors (Lipinski definition) is 2. The lowest BCUT2D eigenvalue weighted by Gasteiger charge is -2.46. The van der Waals surface area contributed by atoms with Gasteiger partial charge in [-0.05, 0) is 24.3 Å². The SMILES string of the molecule is CCC1(N2CCNCC2COc2cccnc2)Nc2ncccc2O1. The number of nitrogens with one attached hydrogen (secondary N) is 2. The van der Waals surface area contributed by atoms with Crippen molar-refractivity contribution in [2.24, 2.45) is 0 Å². The standard InChI is InChI=1S/C18H23N5O2/c1-2-18(22-17-16(25-18)6-4-8-21-17)23-10-9-20-11-14(23)13-24-15-5-3-7-19-12-15/h3-8,12,14,20H,2,9-11,13H2,1H3,(H,21,22). The van der Waals surface area contributed by atoms with Gasteiger partial charge in [0.2, 0.25) is 5.85 Å². The molecule has 4 heterocycles. The van der Waals surface area contributed by atoms with Crippen LogP contribution in [0.1, 0.15) is 13.3 Å². The maximum Gasteiger partial charge on any atom is 0.242 e. The van der Waals surface area contributed by atoms with Gasteiger partial charge in [0, 0.05) is 38.4 Å². The van der Waals surface area contributed by atoms with Crippen LogP contribution in [-0.4, -0.2) is 53.0 Å². The van der Waals surface area contributed by atoms with E-state index in [0.29, 0.717) is 6.61 Å². The van der Waals surface area contributed by atoms with Crippen LogP contribution in [0, 0.1) is 0 Å². The second kappa shape index (κ2) is 6.85. The van der Waals surface area contributed by atoms with Gasteiger partial charge in [-0.3, -0.25) is 4.98 Å². The Morgan fingerprint density at radius 1 is 1.36 bits per heavy atom. The quantitative estimate of drug-likeness (QED) is 0.857. The van der Waals surface area contributed by atoms with Gasteiger partial charge in [-0.25, -0.2) is 9.88 Å². The van der Waals surface area contributed by atoms with Gasteiger partial charge in [-0.15, -0.1) is 0 Å². The summed E-state index contributed by atoms with van der Waals surface area (Å²) < 4.78 is 12.3. The number of pyridine rings is 2. The minimum Gasteiger partial charge on any atom is -0.490 e. The largest absolute Gasteiger partial charge is 0.490 e. The normalized spacial score (nSPS) is 25.7. The topological polar surface area (TPSA) is 71.5 Å². The molecule has 7 nitrogen and oxygen atoms in total. The van der Waals surface area contributed by atoms with E-state index in [1.807, 2.05) is 24.3 Å². The molecule has 2 aliphatic heterocycles. The molecule has 2 aromatic heterocycles. The summed E-state index contributed by atoms with van der Waals surface area (Å²) in [6.07, 6.45) is 6.06. The first-order chi connectivity index (χ1) is 12.3. The fourth-order valence-corrected chi connectivity index (χ4v) is 3.46. The Morgan fingerprint density at radius 3 is 3.08 bits per heavy atom. The van der Waals surface area contributed by atoms with E-state index in [1.165, 1.54) is 0 Å². The molecule has 2 N–H and O–H groups in total. The number of fused-ring (bicyclic) bond motifs is 1. The molecule has 4 rings (SSSR count). The molecule has 1 saturated heterocycles. The fraction of sp³-hybridized carbons (Fsp3) is 0.444. The summed E-state index contributed by atoms with van der Waals surface area (Å²) in [5.41, 5.74) is 0. The predicted octanol–water partition coefficient (Wildman–Crippen LogP) is 1.70. The van der Waals surface area contributed by atoms with Gasteiger partial charge in [0.1, 0.15) is 12.4 Å². The second-order valence-electron chi connectivity index (χ2n) is 6.27. The summed E-state index contributed by atoms with van der Waals surface area (Å²) >= 11 is 0. The van der Waals surface area contributed by atoms with Crippen LogP contribution in [0.25, 0.3) is 0 Å². The maximum atomic E-state index is 6.32. The van der Waals surface area contributed by atoms with E-state index < -0.39 is 5.85 Å². The van der Waals surface area contributed by atoms with Gasteiger partial charge in [-0.2, -0.15) is 0 Å². The zero-order chi connectivity index (χ0) is 17.1. The molecule has 0 saturated carbocycles. The van der Waals surface area contributed by atoms with Crippen molar-refractivity contribution in [2.45, 2.75) is 25.2 Å². The van der Waals surface area contributed by atoms with Crippen molar-refractivity contribution >= 4 is 5.82 Å². The van der Waals surface area contributed by atoms with E-state index in [1.54, 1.807) is 18.6 Å². The molecular weight excluding hydrogens is 318 g/mol. The van der Waals surface area contributed by atoms with Crippen LogP contribution >= 0.6 is 0 Å². The molecule has 7 heteroatoms. The Morgan fingerprint density at radius 2 is 2.28 bits per heavy atom. The molecule has 0 aliphatic carbocycles. The van der Waals surface area contributed by atoms with E-state index in [4.69, 9.17) is 9.47 Å². The summed E-state index contributed by atoms with van der Waals surface area (Å²) in [5.74, 6) is 1.80. The van der Waals surface area contributed by atoms with Gasteiger partial charge < -0.3 is 20.1 Å². The van der Waals surface area contributed by atoms with Crippen molar-refractivity contribution in [3.8, 4) is 11.5 Å². The average molecular weight is 341 g/mol. The molecule has 2 unspecified atom stereocenters. The van der Waals surface area contributed by atoms with Crippen LogP contribution in [-0.2, 0) is 0 Å². The number of nitrogens with zero attached hydrogens (tertiary/aromatic N) is 3. The predicted molar refractivity (Wildman–Crippen MR) is 94.6 cm³/mol. The second-order valence-corrected chi connectivity index (χ2v) is 6.27. The number of anilines is 1. The lowest BCUT2D eigenvalue weighted by molar-refractivity contribution is -0.0940. The Bertz CT molecular complexity index is 687. The smallest absolute Gasteiger partial charge is 0.242 e. The number of hydrogen-bond acceptors (Lipinski definition) is 7. The molecular formula is C18H23N5O2. The molecule has 2 atom stereocenters. The fourth-order valence-electron chi connectivity index (χ4n) is 3.46. The van der Waals surface area contributed by atoms with Crippen molar-refractivity contribution in [2.75, 3.05) is 31.6 Å². The van der Waals surface area contributed by atoms with Crippen LogP contribution in [0.3, 0.4) is 0 Å². The van der Waals surface area contributed by atoms with Crippen molar-refractivity contribution in [3.63, 3.8) is 0 Å². The minimum absolute atomic E-state index is 0.177. The summed E-state index contributed by atoms with van der Waals surface area (Å²) in [4.78, 5) is 10.8. The highest BCUT2D eigenvalue weighted by molar-refractivity contribution is 5.55. The summed E-state index contributed by atoms with van der Waals surface area (Å²) in [7, 11) is 0. The summed E-state index contributed by atoms with van der Waals surface area (Å²) in [5, 5.41) is 6.94. The zero-order valence-corrected chi connectivity index (χ0v) is 14.3. The van der Waals surface area contributed by atoms with Crippen molar-refractivity contribution < 1.29 is 9.47 Å². The van der Waals surface area contributed by atoms with Crippen LogP contribution in [0.4, 0.5) is 5.82 Å².